The van der Waals surface area contributed by atoms with Crippen molar-refractivity contribution in [2.75, 3.05) is 13.1 Å². The number of nitrogens with zero attached hydrogens (tertiary/aromatic N) is 1. The normalized spacial score (nSPS) is 16.8. The number of carbonyl (C=O) groups excluding carboxylic acids is 2. The summed E-state index contributed by atoms with van der Waals surface area (Å²) < 4.78 is 5.42. The zero-order valence-electron chi connectivity index (χ0n) is 15.6. The van der Waals surface area contributed by atoms with Crippen molar-refractivity contribution < 1.29 is 24.3 Å². The van der Waals surface area contributed by atoms with Crippen LogP contribution in [0.5, 0.6) is 0 Å². The molecular formula is C19H28N2O5. The highest BCUT2D eigenvalue weighted by Crippen LogP contribution is 2.13. The van der Waals surface area contributed by atoms with Gasteiger partial charge >= 0.3 is 12.1 Å². The smallest absolute Gasteiger partial charge is 0.428 e. The number of likely N-dealkylation sites (tertiary alicyclic amines) is 1. The van der Waals surface area contributed by atoms with E-state index in [1.54, 1.807) is 20.8 Å². The fourth-order valence-corrected chi connectivity index (χ4v) is 2.63. The van der Waals surface area contributed by atoms with E-state index >= 15 is 0 Å². The monoisotopic (exact) mass is 364 g/mol. The third kappa shape index (κ3) is 6.65. The molecule has 0 aliphatic carbocycles. The first kappa shape index (κ1) is 20.2. The maximum atomic E-state index is 12.5. The number of aliphatic hydroxyl groups is 1. The number of ether oxygens (including phenoxy) is 1. The molecule has 1 saturated heterocycles. The third-order valence-corrected chi connectivity index (χ3v) is 3.99. The lowest BCUT2D eigenvalue weighted by Crippen LogP contribution is -2.47. The number of aliphatic hydroxyl groups excluding tert-OH is 1. The maximum absolute atomic E-state index is 12.5. The van der Waals surface area contributed by atoms with Gasteiger partial charge in [0.1, 0.15) is 11.6 Å². The molecule has 0 saturated carbocycles. The minimum absolute atomic E-state index is 0.335. The molecule has 144 valence electrons. The van der Waals surface area contributed by atoms with Gasteiger partial charge in [-0.15, -0.1) is 5.48 Å². The highest BCUT2D eigenvalue weighted by atomic mass is 16.7. The maximum Gasteiger partial charge on any atom is 0.428 e. The van der Waals surface area contributed by atoms with Crippen molar-refractivity contribution in [3.05, 3.63) is 35.9 Å². The van der Waals surface area contributed by atoms with E-state index in [-0.39, 0.29) is 6.10 Å². The number of rotatable bonds is 5. The zero-order valence-corrected chi connectivity index (χ0v) is 15.6. The van der Waals surface area contributed by atoms with Crippen molar-refractivity contribution >= 4 is 12.1 Å². The van der Waals surface area contributed by atoms with Gasteiger partial charge in [0.05, 0.1) is 6.10 Å². The summed E-state index contributed by atoms with van der Waals surface area (Å²) in [5.74, 6) is -0.483. The van der Waals surface area contributed by atoms with Gasteiger partial charge in [-0.3, -0.25) is 4.79 Å². The van der Waals surface area contributed by atoms with Crippen LogP contribution in [0.25, 0.3) is 0 Å². The number of esters is 1. The van der Waals surface area contributed by atoms with Gasteiger partial charge in [0.15, 0.2) is 0 Å². The Balaban J connectivity index is 1.96. The summed E-state index contributed by atoms with van der Waals surface area (Å²) in [7, 11) is 0. The molecule has 0 spiro atoms. The van der Waals surface area contributed by atoms with E-state index in [1.807, 2.05) is 30.3 Å². The van der Waals surface area contributed by atoms with E-state index < -0.39 is 23.7 Å². The second kappa shape index (κ2) is 9.00. The van der Waals surface area contributed by atoms with Gasteiger partial charge < -0.3 is 19.6 Å². The predicted molar refractivity (Wildman–Crippen MR) is 96.2 cm³/mol. The molecular weight excluding hydrogens is 336 g/mol. The van der Waals surface area contributed by atoms with E-state index in [4.69, 9.17) is 9.57 Å². The Hall–Kier alpha value is -2.12. The summed E-state index contributed by atoms with van der Waals surface area (Å²) >= 11 is 0. The Labute approximate surface area is 154 Å². The van der Waals surface area contributed by atoms with E-state index in [0.29, 0.717) is 32.4 Å². The average molecular weight is 364 g/mol. The van der Waals surface area contributed by atoms with E-state index in [2.05, 4.69) is 5.48 Å². The van der Waals surface area contributed by atoms with Crippen LogP contribution in [0.15, 0.2) is 30.3 Å². The third-order valence-electron chi connectivity index (χ3n) is 3.99. The second-order valence-electron chi connectivity index (χ2n) is 7.48. The fourth-order valence-electron chi connectivity index (χ4n) is 2.63. The molecule has 1 amide bonds. The zero-order chi connectivity index (χ0) is 19.2. The van der Waals surface area contributed by atoms with Crippen LogP contribution in [0.2, 0.25) is 0 Å². The highest BCUT2D eigenvalue weighted by molar-refractivity contribution is 5.77. The van der Waals surface area contributed by atoms with Crippen molar-refractivity contribution in [3.8, 4) is 0 Å². The van der Waals surface area contributed by atoms with Crippen LogP contribution in [0.3, 0.4) is 0 Å². The highest BCUT2D eigenvalue weighted by Gasteiger charge is 2.28. The Bertz CT molecular complexity index is 592. The van der Waals surface area contributed by atoms with E-state index in [0.717, 1.165) is 5.56 Å². The lowest BCUT2D eigenvalue weighted by atomic mass is 10.1. The van der Waals surface area contributed by atoms with Crippen molar-refractivity contribution in [1.82, 2.24) is 10.4 Å². The Morgan fingerprint density at radius 1 is 1.23 bits per heavy atom. The molecule has 0 radical (unpaired) electrons. The molecule has 1 aromatic rings. The van der Waals surface area contributed by atoms with Gasteiger partial charge in [0, 0.05) is 19.5 Å². The van der Waals surface area contributed by atoms with Crippen LogP contribution in [-0.4, -0.2) is 52.9 Å². The number of piperidine rings is 1. The van der Waals surface area contributed by atoms with Crippen molar-refractivity contribution in [1.29, 1.82) is 0 Å². The molecule has 1 aliphatic heterocycles. The van der Waals surface area contributed by atoms with Gasteiger partial charge in [0.25, 0.3) is 0 Å². The van der Waals surface area contributed by atoms with Crippen LogP contribution >= 0.6 is 0 Å². The van der Waals surface area contributed by atoms with Gasteiger partial charge in [-0.2, -0.15) is 0 Å². The standard InChI is InChI=1S/C19H28N2O5/c1-19(2,3)25-17(23)16(13-14-7-5-4-6-8-14)20-26-18(24)21-11-9-15(22)10-12-21/h4-8,15-16,20,22H,9-13H2,1-3H3/t16-/m0/s1. The Morgan fingerprint density at radius 3 is 2.42 bits per heavy atom. The quantitative estimate of drug-likeness (QED) is 0.614. The number of hydroxylamine groups is 1. The molecule has 7 nitrogen and oxygen atoms in total. The first-order valence-corrected chi connectivity index (χ1v) is 8.91. The molecule has 1 heterocycles. The summed E-state index contributed by atoms with van der Waals surface area (Å²) in [4.78, 5) is 31.3. The van der Waals surface area contributed by atoms with Gasteiger partial charge in [-0.05, 0) is 39.2 Å². The SMILES string of the molecule is CC(C)(C)OC(=O)[C@H](Cc1ccccc1)NOC(=O)N1CCC(O)CC1. The van der Waals surface area contributed by atoms with Gasteiger partial charge in [-0.1, -0.05) is 30.3 Å². The summed E-state index contributed by atoms with van der Waals surface area (Å²) in [6.07, 6.45) is 0.448. The molecule has 1 aliphatic rings. The molecule has 0 unspecified atom stereocenters. The Kier molecular flexibility index (Phi) is 6.99. The lowest BCUT2D eigenvalue weighted by molar-refractivity contribution is -0.160. The van der Waals surface area contributed by atoms with Crippen LogP contribution in [0, 0.1) is 0 Å². The Morgan fingerprint density at radius 2 is 1.85 bits per heavy atom. The van der Waals surface area contributed by atoms with E-state index in [1.165, 1.54) is 4.90 Å². The van der Waals surface area contributed by atoms with Crippen LogP contribution in [0.1, 0.15) is 39.2 Å². The number of hydrogen-bond donors (Lipinski definition) is 2. The molecule has 1 atom stereocenters. The number of benzene rings is 1. The van der Waals surface area contributed by atoms with Gasteiger partial charge in [0.2, 0.25) is 0 Å². The van der Waals surface area contributed by atoms with Crippen LogP contribution in [0.4, 0.5) is 4.79 Å². The van der Waals surface area contributed by atoms with E-state index in [9.17, 15) is 14.7 Å². The molecule has 2 N–H and O–H groups in total. The first-order valence-electron chi connectivity index (χ1n) is 8.91. The average Bonchev–Trinajstić information content (AvgIpc) is 2.58. The molecule has 0 aromatic heterocycles. The van der Waals surface area contributed by atoms with Crippen molar-refractivity contribution in [2.24, 2.45) is 0 Å². The summed E-state index contributed by atoms with van der Waals surface area (Å²) in [5, 5.41) is 9.52. The molecule has 0 bridgehead atoms. The van der Waals surface area contributed by atoms with Crippen molar-refractivity contribution in [3.63, 3.8) is 0 Å². The summed E-state index contributed by atoms with van der Waals surface area (Å²) in [6, 6.07) is 8.64. The minimum Gasteiger partial charge on any atom is -0.459 e. The largest absolute Gasteiger partial charge is 0.459 e. The summed E-state index contributed by atoms with van der Waals surface area (Å²) in [6.45, 7) is 6.22. The van der Waals surface area contributed by atoms with Crippen LogP contribution in [-0.2, 0) is 20.8 Å². The van der Waals surface area contributed by atoms with Crippen LogP contribution < -0.4 is 5.48 Å². The number of carbonyl (C=O) groups is 2. The summed E-state index contributed by atoms with van der Waals surface area (Å²) in [5.41, 5.74) is 2.86. The number of hydrogen-bond acceptors (Lipinski definition) is 6. The molecule has 2 rings (SSSR count). The topological polar surface area (TPSA) is 88.1 Å². The second-order valence-corrected chi connectivity index (χ2v) is 7.48. The predicted octanol–water partition coefficient (Wildman–Crippen LogP) is 2.04. The lowest BCUT2D eigenvalue weighted by Gasteiger charge is -2.29. The molecule has 1 aromatic carbocycles. The molecule has 26 heavy (non-hydrogen) atoms. The fraction of sp³-hybridized carbons (Fsp3) is 0.579. The number of nitrogens with one attached hydrogen (secondary N) is 1. The van der Waals surface area contributed by atoms with Gasteiger partial charge in [-0.25, -0.2) is 4.79 Å². The number of amides is 1. The van der Waals surface area contributed by atoms with Crippen molar-refractivity contribution in [2.45, 2.75) is 57.8 Å². The molecule has 7 heteroatoms. The molecule has 1 fully saturated rings. The minimum atomic E-state index is -0.809. The first-order chi connectivity index (χ1) is 12.2.